The molecule has 1 unspecified atom stereocenters. The number of carboxylic acids is 1. The number of likely N-dealkylation sites (tertiary alicyclic amines) is 1. The van der Waals surface area contributed by atoms with E-state index in [1.54, 1.807) is 4.90 Å². The number of hydrogen-bond acceptors (Lipinski definition) is 4. The van der Waals surface area contributed by atoms with Crippen LogP contribution in [-0.4, -0.2) is 77.9 Å². The Morgan fingerprint density at radius 3 is 2.68 bits per heavy atom. The molecule has 0 aromatic rings. The maximum atomic E-state index is 12.1. The van der Waals surface area contributed by atoms with Crippen molar-refractivity contribution in [2.45, 2.75) is 31.3 Å². The summed E-state index contributed by atoms with van der Waals surface area (Å²) in [6, 6.07) is -1.26. The van der Waals surface area contributed by atoms with Gasteiger partial charge in [-0.25, -0.2) is 9.59 Å². The second-order valence-electron chi connectivity index (χ2n) is 5.10. The second kappa shape index (κ2) is 7.30. The first-order chi connectivity index (χ1) is 8.95. The van der Waals surface area contributed by atoms with Crippen molar-refractivity contribution in [3.63, 3.8) is 0 Å². The van der Waals surface area contributed by atoms with Gasteiger partial charge in [0.2, 0.25) is 0 Å². The van der Waals surface area contributed by atoms with Crippen molar-refractivity contribution in [2.75, 3.05) is 33.8 Å². The number of carbonyl (C=O) groups excluding carboxylic acids is 1. The number of aliphatic hydroxyl groups is 1. The Morgan fingerprint density at radius 1 is 1.47 bits per heavy atom. The molecule has 2 amide bonds. The van der Waals surface area contributed by atoms with Gasteiger partial charge in [-0.1, -0.05) is 0 Å². The molecule has 7 heteroatoms. The van der Waals surface area contributed by atoms with Gasteiger partial charge in [0, 0.05) is 32.2 Å². The Hall–Kier alpha value is -1.34. The number of urea groups is 1. The second-order valence-corrected chi connectivity index (χ2v) is 5.10. The fourth-order valence-electron chi connectivity index (χ4n) is 2.33. The third-order valence-electron chi connectivity index (χ3n) is 3.23. The van der Waals surface area contributed by atoms with Crippen LogP contribution in [0.2, 0.25) is 0 Å². The molecule has 3 N–H and O–H groups in total. The van der Waals surface area contributed by atoms with Crippen LogP contribution in [-0.2, 0) is 4.79 Å². The van der Waals surface area contributed by atoms with Crippen molar-refractivity contribution in [3.8, 4) is 0 Å². The highest BCUT2D eigenvalue weighted by Gasteiger charge is 2.31. The standard InChI is InChI=1S/C12H23N3O4/c1-14(2)8-9-4-3-6-15(9)12(19)13-10(5-7-16)11(17)18/h9-10,16H,3-8H2,1-2H3,(H,13,19)(H,17,18)/t9?,10-/m0/s1. The molecule has 1 rings (SSSR count). The highest BCUT2D eigenvalue weighted by Crippen LogP contribution is 2.17. The fourth-order valence-corrected chi connectivity index (χ4v) is 2.33. The van der Waals surface area contributed by atoms with Crippen LogP contribution in [0.25, 0.3) is 0 Å². The largest absolute Gasteiger partial charge is 0.480 e. The number of carbonyl (C=O) groups is 2. The first-order valence-electron chi connectivity index (χ1n) is 6.51. The molecule has 1 aliphatic rings. The van der Waals surface area contributed by atoms with E-state index in [1.807, 2.05) is 19.0 Å². The smallest absolute Gasteiger partial charge is 0.326 e. The summed E-state index contributed by atoms with van der Waals surface area (Å²) in [6.07, 6.45) is 1.89. The minimum absolute atomic E-state index is 0.0211. The molecule has 7 nitrogen and oxygen atoms in total. The molecule has 0 aromatic carbocycles. The van der Waals surface area contributed by atoms with Gasteiger partial charge in [0.25, 0.3) is 0 Å². The molecule has 0 aromatic heterocycles. The minimum Gasteiger partial charge on any atom is -0.480 e. The Kier molecular flexibility index (Phi) is 6.04. The Morgan fingerprint density at radius 2 is 2.16 bits per heavy atom. The van der Waals surface area contributed by atoms with Gasteiger partial charge in [-0.05, 0) is 26.9 Å². The molecule has 0 bridgehead atoms. The molecule has 110 valence electrons. The average Bonchev–Trinajstić information content (AvgIpc) is 2.75. The zero-order valence-electron chi connectivity index (χ0n) is 11.5. The molecule has 0 spiro atoms. The quantitative estimate of drug-likeness (QED) is 0.610. The first-order valence-corrected chi connectivity index (χ1v) is 6.51. The number of hydrogen-bond donors (Lipinski definition) is 3. The number of rotatable bonds is 6. The molecule has 0 radical (unpaired) electrons. The van der Waals surface area contributed by atoms with Crippen LogP contribution < -0.4 is 5.32 Å². The summed E-state index contributed by atoms with van der Waals surface area (Å²) in [5.41, 5.74) is 0. The van der Waals surface area contributed by atoms with Crippen LogP contribution in [0.15, 0.2) is 0 Å². The van der Waals surface area contributed by atoms with Crippen LogP contribution in [0.4, 0.5) is 4.79 Å². The lowest BCUT2D eigenvalue weighted by Gasteiger charge is -2.28. The SMILES string of the molecule is CN(C)CC1CCCN1C(=O)N[C@@H](CCO)C(=O)O. The van der Waals surface area contributed by atoms with Gasteiger partial charge in [0.05, 0.1) is 0 Å². The number of aliphatic carboxylic acids is 1. The van der Waals surface area contributed by atoms with E-state index in [4.69, 9.17) is 10.2 Å². The Labute approximate surface area is 113 Å². The molecule has 0 aliphatic carbocycles. The van der Waals surface area contributed by atoms with E-state index >= 15 is 0 Å². The number of nitrogens with one attached hydrogen (secondary N) is 1. The van der Waals surface area contributed by atoms with E-state index in [9.17, 15) is 9.59 Å². The van der Waals surface area contributed by atoms with Crippen molar-refractivity contribution in [1.29, 1.82) is 0 Å². The third-order valence-corrected chi connectivity index (χ3v) is 3.23. The van der Waals surface area contributed by atoms with E-state index in [0.29, 0.717) is 6.54 Å². The zero-order chi connectivity index (χ0) is 14.4. The van der Waals surface area contributed by atoms with Gasteiger partial charge >= 0.3 is 12.0 Å². The lowest BCUT2D eigenvalue weighted by molar-refractivity contribution is -0.139. The molecule has 0 saturated carbocycles. The summed E-state index contributed by atoms with van der Waals surface area (Å²) >= 11 is 0. The number of amides is 2. The van der Waals surface area contributed by atoms with Gasteiger partial charge < -0.3 is 25.3 Å². The molecule has 19 heavy (non-hydrogen) atoms. The summed E-state index contributed by atoms with van der Waals surface area (Å²) < 4.78 is 0. The monoisotopic (exact) mass is 273 g/mol. The van der Waals surface area contributed by atoms with Crippen LogP contribution in [0.1, 0.15) is 19.3 Å². The van der Waals surface area contributed by atoms with Crippen molar-refractivity contribution in [3.05, 3.63) is 0 Å². The average molecular weight is 273 g/mol. The van der Waals surface area contributed by atoms with Gasteiger partial charge in [-0.15, -0.1) is 0 Å². The highest BCUT2D eigenvalue weighted by molar-refractivity contribution is 5.82. The van der Waals surface area contributed by atoms with Crippen LogP contribution in [0.5, 0.6) is 0 Å². The molecule has 1 fully saturated rings. The topological polar surface area (TPSA) is 93.1 Å². The number of aliphatic hydroxyl groups excluding tert-OH is 1. The lowest BCUT2D eigenvalue weighted by Crippen LogP contribution is -2.51. The molecule has 1 heterocycles. The Balaban J connectivity index is 2.57. The third kappa shape index (κ3) is 4.68. The fraction of sp³-hybridized carbons (Fsp3) is 0.833. The van der Waals surface area contributed by atoms with Crippen LogP contribution >= 0.6 is 0 Å². The predicted octanol–water partition coefficient (Wildman–Crippen LogP) is -0.442. The van der Waals surface area contributed by atoms with Gasteiger partial charge in [0.15, 0.2) is 0 Å². The van der Waals surface area contributed by atoms with E-state index in [0.717, 1.165) is 19.4 Å². The normalized spacial score (nSPS) is 20.6. The summed E-state index contributed by atoms with van der Waals surface area (Å²) in [4.78, 5) is 26.7. The van der Waals surface area contributed by atoms with Gasteiger partial charge in [-0.3, -0.25) is 0 Å². The highest BCUT2D eigenvalue weighted by atomic mass is 16.4. The van der Waals surface area contributed by atoms with Gasteiger partial charge in [-0.2, -0.15) is 0 Å². The van der Waals surface area contributed by atoms with E-state index < -0.39 is 12.0 Å². The summed E-state index contributed by atoms with van der Waals surface area (Å²) in [5.74, 6) is -1.12. The van der Waals surface area contributed by atoms with E-state index in [2.05, 4.69) is 5.32 Å². The first kappa shape index (κ1) is 15.7. The summed E-state index contributed by atoms with van der Waals surface area (Å²) in [7, 11) is 3.89. The van der Waals surface area contributed by atoms with Crippen molar-refractivity contribution in [1.82, 2.24) is 15.1 Å². The van der Waals surface area contributed by atoms with Gasteiger partial charge in [0.1, 0.15) is 6.04 Å². The number of likely N-dealkylation sites (N-methyl/N-ethyl adjacent to an activating group) is 1. The molecular weight excluding hydrogens is 250 g/mol. The summed E-state index contributed by atoms with van der Waals surface area (Å²) in [6.45, 7) is 1.15. The predicted molar refractivity (Wildman–Crippen MR) is 69.9 cm³/mol. The maximum absolute atomic E-state index is 12.1. The van der Waals surface area contributed by atoms with Crippen LogP contribution in [0.3, 0.4) is 0 Å². The molecule has 2 atom stereocenters. The van der Waals surface area contributed by atoms with Crippen molar-refractivity contribution in [2.24, 2.45) is 0 Å². The van der Waals surface area contributed by atoms with Crippen molar-refractivity contribution < 1.29 is 19.8 Å². The Bertz CT molecular complexity index is 322. The van der Waals surface area contributed by atoms with E-state index in [-0.39, 0.29) is 25.1 Å². The zero-order valence-corrected chi connectivity index (χ0v) is 11.5. The maximum Gasteiger partial charge on any atom is 0.326 e. The van der Waals surface area contributed by atoms with E-state index in [1.165, 1.54) is 0 Å². The molecule has 1 aliphatic heterocycles. The number of nitrogens with zero attached hydrogens (tertiary/aromatic N) is 2. The van der Waals surface area contributed by atoms with Crippen LogP contribution in [0, 0.1) is 0 Å². The summed E-state index contributed by atoms with van der Waals surface area (Å²) in [5, 5.41) is 20.2. The lowest BCUT2D eigenvalue weighted by atomic mass is 10.2. The number of carboxylic acid groups (broad SMARTS) is 1. The molecular formula is C12H23N3O4. The van der Waals surface area contributed by atoms with Crippen molar-refractivity contribution >= 4 is 12.0 Å². The minimum atomic E-state index is -1.12. The molecule has 1 saturated heterocycles.